The number of unbranched alkanes of at least 4 members (excludes halogenated alkanes) is 6. The Bertz CT molecular complexity index is 505. The number of hydrogen-bond acceptors (Lipinski definition) is 5. The summed E-state index contributed by atoms with van der Waals surface area (Å²) in [5, 5.41) is 0. The third-order valence-corrected chi connectivity index (χ3v) is 5.61. The van der Waals surface area contributed by atoms with Crippen LogP contribution < -0.4 is 0 Å². The summed E-state index contributed by atoms with van der Waals surface area (Å²) in [6.45, 7) is 9.97. The second kappa shape index (κ2) is 21.8. The maximum atomic E-state index is 5.72. The highest BCUT2D eigenvalue weighted by molar-refractivity contribution is 5.24. The predicted octanol–water partition coefficient (Wildman–Crippen LogP) is 6.14. The van der Waals surface area contributed by atoms with Crippen LogP contribution in [-0.2, 0) is 30.3 Å². The molecule has 0 saturated carbocycles. The van der Waals surface area contributed by atoms with Crippen LogP contribution in [0.3, 0.4) is 0 Å². The molecule has 0 saturated heterocycles. The molecular formula is C27H48O5. The predicted molar refractivity (Wildman–Crippen MR) is 131 cm³/mol. The molecule has 0 aliphatic heterocycles. The van der Waals surface area contributed by atoms with Crippen molar-refractivity contribution in [2.75, 3.05) is 60.0 Å². The molecule has 0 N–H and O–H groups in total. The van der Waals surface area contributed by atoms with Crippen molar-refractivity contribution in [3.63, 3.8) is 0 Å². The molecule has 0 heterocycles. The van der Waals surface area contributed by atoms with Gasteiger partial charge < -0.3 is 23.7 Å². The highest BCUT2D eigenvalue weighted by Crippen LogP contribution is 2.23. The van der Waals surface area contributed by atoms with E-state index in [2.05, 4.69) is 38.1 Å². The SMILES string of the molecule is CCCCCCCCCC(C)c1ccc(COCCOCCOCCOCCOC)cc1. The summed E-state index contributed by atoms with van der Waals surface area (Å²) in [5.74, 6) is 0.633. The molecule has 0 spiro atoms. The largest absolute Gasteiger partial charge is 0.382 e. The summed E-state index contributed by atoms with van der Waals surface area (Å²) >= 11 is 0. The molecule has 1 rings (SSSR count). The summed E-state index contributed by atoms with van der Waals surface area (Å²) in [6.07, 6.45) is 10.9. The normalized spacial score (nSPS) is 12.3. The number of methoxy groups -OCH3 is 1. The Morgan fingerprint density at radius 3 is 1.69 bits per heavy atom. The average molecular weight is 453 g/mol. The van der Waals surface area contributed by atoms with Crippen LogP contribution in [0.25, 0.3) is 0 Å². The molecule has 1 atom stereocenters. The third kappa shape index (κ3) is 16.6. The van der Waals surface area contributed by atoms with Gasteiger partial charge in [0.25, 0.3) is 0 Å². The van der Waals surface area contributed by atoms with Gasteiger partial charge in [0.1, 0.15) is 0 Å². The van der Waals surface area contributed by atoms with Gasteiger partial charge in [-0.1, -0.05) is 83.1 Å². The van der Waals surface area contributed by atoms with E-state index in [9.17, 15) is 0 Å². The van der Waals surface area contributed by atoms with E-state index in [0.717, 1.165) is 0 Å². The zero-order chi connectivity index (χ0) is 23.1. The molecule has 0 aliphatic rings. The van der Waals surface area contributed by atoms with Crippen molar-refractivity contribution in [1.29, 1.82) is 0 Å². The molecule has 32 heavy (non-hydrogen) atoms. The first-order chi connectivity index (χ1) is 15.8. The second-order valence-electron chi connectivity index (χ2n) is 8.44. The zero-order valence-corrected chi connectivity index (χ0v) is 20.9. The molecule has 1 aromatic rings. The van der Waals surface area contributed by atoms with Crippen molar-refractivity contribution >= 4 is 0 Å². The van der Waals surface area contributed by atoms with Gasteiger partial charge in [0, 0.05) is 7.11 Å². The van der Waals surface area contributed by atoms with Crippen LogP contribution in [0.5, 0.6) is 0 Å². The van der Waals surface area contributed by atoms with Crippen molar-refractivity contribution < 1.29 is 23.7 Å². The molecule has 0 aromatic heterocycles. The number of benzene rings is 1. The van der Waals surface area contributed by atoms with Crippen LogP contribution in [-0.4, -0.2) is 60.0 Å². The van der Waals surface area contributed by atoms with Crippen LogP contribution in [0.15, 0.2) is 24.3 Å². The van der Waals surface area contributed by atoms with Crippen LogP contribution >= 0.6 is 0 Å². The van der Waals surface area contributed by atoms with Crippen LogP contribution in [0.4, 0.5) is 0 Å². The Kier molecular flexibility index (Phi) is 19.8. The van der Waals surface area contributed by atoms with Gasteiger partial charge in [-0.15, -0.1) is 0 Å². The lowest BCUT2D eigenvalue weighted by Crippen LogP contribution is -2.12. The lowest BCUT2D eigenvalue weighted by molar-refractivity contribution is -0.00948. The molecule has 1 unspecified atom stereocenters. The van der Waals surface area contributed by atoms with Crippen molar-refractivity contribution in [2.24, 2.45) is 0 Å². The van der Waals surface area contributed by atoms with E-state index in [1.165, 1.54) is 62.5 Å². The molecule has 0 amide bonds. The topological polar surface area (TPSA) is 46.2 Å². The van der Waals surface area contributed by atoms with Gasteiger partial charge in [-0.2, -0.15) is 0 Å². The first kappa shape index (κ1) is 29.1. The van der Waals surface area contributed by atoms with Crippen molar-refractivity contribution in [2.45, 2.75) is 77.7 Å². The van der Waals surface area contributed by atoms with Gasteiger partial charge in [-0.3, -0.25) is 0 Å². The summed E-state index contributed by atoms with van der Waals surface area (Å²) in [4.78, 5) is 0. The first-order valence-electron chi connectivity index (χ1n) is 12.7. The fraction of sp³-hybridized carbons (Fsp3) is 0.778. The van der Waals surface area contributed by atoms with E-state index in [4.69, 9.17) is 23.7 Å². The van der Waals surface area contributed by atoms with E-state index >= 15 is 0 Å². The summed E-state index contributed by atoms with van der Waals surface area (Å²) < 4.78 is 26.9. The maximum absolute atomic E-state index is 5.72. The number of ether oxygens (including phenoxy) is 5. The Balaban J connectivity index is 1.97. The minimum Gasteiger partial charge on any atom is -0.382 e. The van der Waals surface area contributed by atoms with Gasteiger partial charge in [0.2, 0.25) is 0 Å². The van der Waals surface area contributed by atoms with Gasteiger partial charge in [0.05, 0.1) is 59.5 Å². The van der Waals surface area contributed by atoms with E-state index in [1.807, 2.05) is 0 Å². The van der Waals surface area contributed by atoms with Crippen LogP contribution in [0, 0.1) is 0 Å². The molecule has 0 fully saturated rings. The first-order valence-corrected chi connectivity index (χ1v) is 12.7. The lowest BCUT2D eigenvalue weighted by atomic mass is 9.94. The molecule has 5 heteroatoms. The van der Waals surface area contributed by atoms with Crippen LogP contribution in [0.1, 0.15) is 82.3 Å². The molecule has 0 radical (unpaired) electrons. The minimum absolute atomic E-state index is 0.576. The Morgan fingerprint density at radius 2 is 1.12 bits per heavy atom. The molecule has 186 valence electrons. The Labute approximate surface area is 197 Å². The monoisotopic (exact) mass is 452 g/mol. The number of hydrogen-bond donors (Lipinski definition) is 0. The van der Waals surface area contributed by atoms with E-state index in [0.29, 0.717) is 65.4 Å². The van der Waals surface area contributed by atoms with E-state index in [1.54, 1.807) is 7.11 Å². The van der Waals surface area contributed by atoms with Gasteiger partial charge >= 0.3 is 0 Å². The number of rotatable bonds is 23. The second-order valence-corrected chi connectivity index (χ2v) is 8.44. The highest BCUT2D eigenvalue weighted by atomic mass is 16.6. The van der Waals surface area contributed by atoms with Gasteiger partial charge in [0.15, 0.2) is 0 Å². The molecule has 1 aromatic carbocycles. The van der Waals surface area contributed by atoms with Gasteiger partial charge in [-0.25, -0.2) is 0 Å². The smallest absolute Gasteiger partial charge is 0.0718 e. The van der Waals surface area contributed by atoms with Crippen LogP contribution in [0.2, 0.25) is 0 Å². The molecule has 0 aliphatic carbocycles. The summed E-state index contributed by atoms with van der Waals surface area (Å²) in [7, 11) is 1.66. The molecule has 5 nitrogen and oxygen atoms in total. The zero-order valence-electron chi connectivity index (χ0n) is 20.9. The average Bonchev–Trinajstić information content (AvgIpc) is 2.81. The maximum Gasteiger partial charge on any atom is 0.0718 e. The minimum atomic E-state index is 0.576. The summed E-state index contributed by atoms with van der Waals surface area (Å²) in [5.41, 5.74) is 2.65. The Hall–Kier alpha value is -0.980. The van der Waals surface area contributed by atoms with Gasteiger partial charge in [-0.05, 0) is 23.5 Å². The fourth-order valence-electron chi connectivity index (χ4n) is 3.51. The molecular weight excluding hydrogens is 404 g/mol. The summed E-state index contributed by atoms with van der Waals surface area (Å²) in [6, 6.07) is 8.91. The third-order valence-electron chi connectivity index (χ3n) is 5.61. The highest BCUT2D eigenvalue weighted by Gasteiger charge is 2.05. The van der Waals surface area contributed by atoms with Crippen molar-refractivity contribution in [3.8, 4) is 0 Å². The quantitative estimate of drug-likeness (QED) is 0.187. The van der Waals surface area contributed by atoms with E-state index < -0.39 is 0 Å². The van der Waals surface area contributed by atoms with Crippen molar-refractivity contribution in [1.82, 2.24) is 0 Å². The Morgan fingerprint density at radius 1 is 0.625 bits per heavy atom. The lowest BCUT2D eigenvalue weighted by Gasteiger charge is -2.13. The fourth-order valence-corrected chi connectivity index (χ4v) is 3.51. The van der Waals surface area contributed by atoms with Crippen molar-refractivity contribution in [3.05, 3.63) is 35.4 Å². The van der Waals surface area contributed by atoms with E-state index in [-0.39, 0.29) is 0 Å². The molecule has 0 bridgehead atoms. The standard InChI is InChI=1S/C27H48O5/c1-4-5-6-7-8-9-10-11-25(2)27-14-12-26(13-15-27)24-32-23-22-31-21-20-30-19-18-29-17-16-28-3/h12-15,25H,4-11,16-24H2,1-3H3.